The molecular formula is C3H6NS-. The van der Waals surface area contributed by atoms with Gasteiger partial charge in [0.15, 0.2) is 0 Å². The molecule has 2 heteroatoms. The summed E-state index contributed by atoms with van der Waals surface area (Å²) in [6.45, 7) is 4.00. The van der Waals surface area contributed by atoms with Crippen LogP contribution in [0, 0.1) is 10.7 Å². The number of rotatable bonds is 0. The Bertz CT molecular complexity index is 28.4. The van der Waals surface area contributed by atoms with E-state index in [2.05, 4.69) is 12.6 Å². The Morgan fingerprint density at radius 3 is 1.60 bits per heavy atom. The average molecular weight is 88.2 g/mol. The first-order chi connectivity index (χ1) is 2.41. The van der Waals surface area contributed by atoms with E-state index in [4.69, 9.17) is 5.26 Å². The molecule has 0 spiro atoms. The van der Waals surface area contributed by atoms with Crippen molar-refractivity contribution in [3.05, 3.63) is 0 Å². The van der Waals surface area contributed by atoms with E-state index in [0.29, 0.717) is 0 Å². The lowest BCUT2D eigenvalue weighted by Crippen LogP contribution is -1.15. The Kier molecular flexibility index (Phi) is 95.4. The number of nitriles is 1. The van der Waals surface area contributed by atoms with E-state index in [-0.39, 0.29) is 0 Å². The highest BCUT2D eigenvalue weighted by Gasteiger charge is 0.932. The lowest BCUT2D eigenvalue weighted by Gasteiger charge is -1.53. The van der Waals surface area contributed by atoms with Gasteiger partial charge in [-0.15, -0.1) is 0 Å². The fourth-order valence-corrected chi connectivity index (χ4v) is 0. The minimum Gasteiger partial charge on any atom is -0.696 e. The Hall–Kier alpha value is -0.290. The third kappa shape index (κ3) is 129. The van der Waals surface area contributed by atoms with E-state index >= 15 is 0 Å². The Balaban J connectivity index is 0. The highest BCUT2D eigenvalue weighted by Crippen LogP contribution is 1.16. The quantitative estimate of drug-likeness (QED) is 0.326. The molecule has 0 aromatic carbocycles. The third-order valence-electron chi connectivity index (χ3n) is 0. The van der Waals surface area contributed by atoms with Crippen LogP contribution >= 0.6 is 0 Å². The van der Waals surface area contributed by atoms with Crippen LogP contribution in [0.1, 0.15) is 13.8 Å². The van der Waals surface area contributed by atoms with Crippen molar-refractivity contribution in [3.63, 3.8) is 0 Å². The summed E-state index contributed by atoms with van der Waals surface area (Å²) in [5.41, 5.74) is 0. The van der Waals surface area contributed by atoms with Gasteiger partial charge in [-0.05, 0) is 0 Å². The van der Waals surface area contributed by atoms with Crippen LogP contribution in [-0.2, 0) is 12.6 Å². The Labute approximate surface area is 38.0 Å². The van der Waals surface area contributed by atoms with Gasteiger partial charge in [0.2, 0.25) is 0 Å². The number of hydrogen-bond acceptors (Lipinski definition) is 2. The van der Waals surface area contributed by atoms with Gasteiger partial charge in [-0.25, -0.2) is 5.26 Å². The first kappa shape index (κ1) is 8.83. The number of thiocyanates is 1. The lowest BCUT2D eigenvalue weighted by atomic mass is 11.0. The zero-order chi connectivity index (χ0) is 4.71. The van der Waals surface area contributed by atoms with Crippen LogP contribution in [-0.4, -0.2) is 0 Å². The topological polar surface area (TPSA) is 23.8 Å². The molecule has 5 heavy (non-hydrogen) atoms. The fraction of sp³-hybridized carbons (Fsp3) is 0.667. The monoisotopic (exact) mass is 88.0 g/mol. The van der Waals surface area contributed by atoms with Gasteiger partial charge in [-0.1, -0.05) is 19.2 Å². The van der Waals surface area contributed by atoms with Crippen LogP contribution in [0.15, 0.2) is 0 Å². The molecule has 0 heterocycles. The van der Waals surface area contributed by atoms with E-state index in [0.717, 1.165) is 0 Å². The van der Waals surface area contributed by atoms with Crippen molar-refractivity contribution in [2.24, 2.45) is 0 Å². The second-order valence-electron chi connectivity index (χ2n) is 0.0913. The van der Waals surface area contributed by atoms with Gasteiger partial charge in [-0.3, -0.25) is 0 Å². The predicted octanol–water partition coefficient (Wildman–Crippen LogP) is 1.04. The van der Waals surface area contributed by atoms with Crippen LogP contribution in [0.4, 0.5) is 0 Å². The van der Waals surface area contributed by atoms with Crippen LogP contribution in [0.3, 0.4) is 0 Å². The van der Waals surface area contributed by atoms with Gasteiger partial charge in [0.1, 0.15) is 0 Å². The smallest absolute Gasteiger partial charge is 0.0683 e. The molecule has 0 saturated heterocycles. The molecule has 0 bridgehead atoms. The summed E-state index contributed by atoms with van der Waals surface area (Å²) in [6, 6.07) is 0. The van der Waals surface area contributed by atoms with Gasteiger partial charge >= 0.3 is 0 Å². The summed E-state index contributed by atoms with van der Waals surface area (Å²) in [7, 11) is 0. The highest BCUT2D eigenvalue weighted by molar-refractivity contribution is 7.64. The van der Waals surface area contributed by atoms with Gasteiger partial charge in [-0.2, -0.15) is 0 Å². The second kappa shape index (κ2) is 54.1. The lowest BCUT2D eigenvalue weighted by molar-refractivity contribution is 1.50. The Morgan fingerprint density at radius 1 is 1.60 bits per heavy atom. The summed E-state index contributed by atoms with van der Waals surface area (Å²) >= 11 is 3.70. The second-order valence-corrected chi connectivity index (χ2v) is 0.274. The van der Waals surface area contributed by atoms with Crippen LogP contribution in [0.2, 0.25) is 0 Å². The van der Waals surface area contributed by atoms with Gasteiger partial charge < -0.3 is 12.6 Å². The molecule has 0 rings (SSSR count). The largest absolute Gasteiger partial charge is 0.696 e. The summed E-state index contributed by atoms with van der Waals surface area (Å²) in [5, 5.41) is 8.47. The maximum Gasteiger partial charge on any atom is -0.0683 e. The maximum absolute atomic E-state index is 7.13. The number of hydrogen-bond donors (Lipinski definition) is 0. The van der Waals surface area contributed by atoms with E-state index in [9.17, 15) is 0 Å². The normalized spacial score (nSPS) is 2.60. The van der Waals surface area contributed by atoms with Crippen molar-refractivity contribution in [2.45, 2.75) is 13.8 Å². The molecule has 0 atom stereocenters. The van der Waals surface area contributed by atoms with Crippen LogP contribution in [0.5, 0.6) is 0 Å². The van der Waals surface area contributed by atoms with Crippen molar-refractivity contribution in [1.29, 1.82) is 5.26 Å². The van der Waals surface area contributed by atoms with E-state index in [1.807, 2.05) is 13.8 Å². The average Bonchev–Trinajstić information content (AvgIpc) is 1.46. The molecule has 0 N–H and O–H groups in total. The maximum atomic E-state index is 7.13. The van der Waals surface area contributed by atoms with Crippen LogP contribution < -0.4 is 0 Å². The third-order valence-corrected chi connectivity index (χ3v) is 0. The summed E-state index contributed by atoms with van der Waals surface area (Å²) in [4.78, 5) is 0. The highest BCUT2D eigenvalue weighted by atomic mass is 32.1. The first-order valence-electron chi connectivity index (χ1n) is 1.43. The van der Waals surface area contributed by atoms with Crippen molar-refractivity contribution < 1.29 is 0 Å². The van der Waals surface area contributed by atoms with Gasteiger partial charge in [0.25, 0.3) is 0 Å². The van der Waals surface area contributed by atoms with Crippen LogP contribution in [0.25, 0.3) is 0 Å². The summed E-state index contributed by atoms with van der Waals surface area (Å²) < 4.78 is 0. The summed E-state index contributed by atoms with van der Waals surface area (Å²) in [6.07, 6.45) is 0. The molecular weight excluding hydrogens is 82.1 g/mol. The Morgan fingerprint density at radius 2 is 1.60 bits per heavy atom. The minimum absolute atomic E-state index is 1.33. The molecule has 0 unspecified atom stereocenters. The van der Waals surface area contributed by atoms with E-state index in [1.165, 1.54) is 5.40 Å². The number of nitrogens with zero attached hydrogens (tertiary/aromatic N) is 1. The van der Waals surface area contributed by atoms with Gasteiger partial charge in [0.05, 0.1) is 0 Å². The molecule has 0 aliphatic rings. The fourth-order valence-electron chi connectivity index (χ4n) is 0. The molecule has 0 aromatic rings. The molecule has 0 amide bonds. The van der Waals surface area contributed by atoms with E-state index in [1.54, 1.807) is 0 Å². The first-order valence-corrected chi connectivity index (χ1v) is 1.84. The standard InChI is InChI=1S/C2H6.CHNS/c1-2;2-1-3/h1-2H3;3H/p-1. The molecule has 30 valence electrons. The molecule has 0 saturated carbocycles. The van der Waals surface area contributed by atoms with Crippen molar-refractivity contribution >= 4 is 12.6 Å². The molecule has 0 aromatic heterocycles. The van der Waals surface area contributed by atoms with E-state index < -0.39 is 0 Å². The predicted molar refractivity (Wildman–Crippen MR) is 24.3 cm³/mol. The molecule has 1 nitrogen and oxygen atoms in total. The molecule has 0 fully saturated rings. The minimum atomic E-state index is 1.33. The van der Waals surface area contributed by atoms with Crippen molar-refractivity contribution in [2.75, 3.05) is 0 Å². The van der Waals surface area contributed by atoms with Gasteiger partial charge in [0, 0.05) is 0 Å². The molecule has 0 radical (unpaired) electrons. The molecule has 0 aliphatic heterocycles. The summed E-state index contributed by atoms with van der Waals surface area (Å²) in [5.74, 6) is 0. The SMILES string of the molecule is CC.N#C[S-]. The van der Waals surface area contributed by atoms with Crippen molar-refractivity contribution in [3.8, 4) is 5.40 Å². The zero-order valence-corrected chi connectivity index (χ0v) is 4.17. The van der Waals surface area contributed by atoms with Crippen molar-refractivity contribution in [1.82, 2.24) is 0 Å². The molecule has 0 aliphatic carbocycles. The zero-order valence-electron chi connectivity index (χ0n) is 3.36.